The lowest BCUT2D eigenvalue weighted by Crippen LogP contribution is -2.43. The summed E-state index contributed by atoms with van der Waals surface area (Å²) in [5.74, 6) is -0.0230. The van der Waals surface area contributed by atoms with Crippen LogP contribution in [0.25, 0.3) is 0 Å². The molecule has 2 aromatic carbocycles. The molecule has 0 radical (unpaired) electrons. The van der Waals surface area contributed by atoms with Gasteiger partial charge in [-0.15, -0.1) is 0 Å². The Morgan fingerprint density at radius 3 is 2.50 bits per heavy atom. The molecule has 4 rings (SSSR count). The number of hydrogen-bond donors (Lipinski definition) is 0. The average molecular weight is 468 g/mol. The van der Waals surface area contributed by atoms with Crippen molar-refractivity contribution in [1.29, 1.82) is 0 Å². The third-order valence-corrected chi connectivity index (χ3v) is 6.39. The van der Waals surface area contributed by atoms with E-state index >= 15 is 0 Å². The van der Waals surface area contributed by atoms with Gasteiger partial charge >= 0.3 is 5.97 Å². The molecule has 1 saturated heterocycles. The summed E-state index contributed by atoms with van der Waals surface area (Å²) >= 11 is 0. The number of hydrazone groups is 1. The summed E-state index contributed by atoms with van der Waals surface area (Å²) in [5, 5.41) is 6.16. The Hall–Kier alpha value is -3.26. The van der Waals surface area contributed by atoms with Gasteiger partial charge in [0.05, 0.1) is 37.9 Å². The number of piperidine rings is 1. The van der Waals surface area contributed by atoms with E-state index in [0.29, 0.717) is 44.5 Å². The van der Waals surface area contributed by atoms with Crippen molar-refractivity contribution in [3.8, 4) is 5.75 Å². The molecule has 7 nitrogen and oxygen atoms in total. The van der Waals surface area contributed by atoms with Crippen molar-refractivity contribution in [2.75, 3.05) is 33.4 Å². The first-order valence-electron chi connectivity index (χ1n) is 11.7. The second kappa shape index (κ2) is 10.8. The van der Waals surface area contributed by atoms with Gasteiger partial charge in [0.15, 0.2) is 0 Å². The van der Waals surface area contributed by atoms with Crippen LogP contribution in [-0.4, -0.2) is 60.8 Å². The molecule has 0 aromatic heterocycles. The fourth-order valence-corrected chi connectivity index (χ4v) is 4.52. The summed E-state index contributed by atoms with van der Waals surface area (Å²) in [7, 11) is 1.61. The summed E-state index contributed by atoms with van der Waals surface area (Å²) in [6.07, 6.45) is 1.83. The normalized spacial score (nSPS) is 19.1. The van der Waals surface area contributed by atoms with E-state index in [9.17, 15) is 14.0 Å². The lowest BCUT2D eigenvalue weighted by molar-refractivity contribution is -0.149. The van der Waals surface area contributed by atoms with Crippen LogP contribution in [0.15, 0.2) is 53.6 Å². The number of nitrogens with zero attached hydrogens (tertiary/aromatic N) is 3. The molecule has 0 bridgehead atoms. The van der Waals surface area contributed by atoms with Gasteiger partial charge in [0.1, 0.15) is 11.6 Å². The number of hydrogen-bond acceptors (Lipinski definition) is 6. The Morgan fingerprint density at radius 1 is 1.12 bits per heavy atom. The number of amides is 1. The maximum atomic E-state index is 14.0. The third-order valence-electron chi connectivity index (χ3n) is 6.39. The van der Waals surface area contributed by atoms with Crippen molar-refractivity contribution in [1.82, 2.24) is 9.91 Å². The van der Waals surface area contributed by atoms with Gasteiger partial charge in [0.2, 0.25) is 0 Å². The van der Waals surface area contributed by atoms with Crippen LogP contribution in [-0.2, 0) is 14.3 Å². The van der Waals surface area contributed by atoms with Crippen molar-refractivity contribution in [3.05, 3.63) is 65.5 Å². The molecule has 1 unspecified atom stereocenters. The number of carbonyl (C=O) groups excluding carboxylic acids is 2. The molecule has 2 aromatic rings. The minimum atomic E-state index is -0.377. The second-order valence-corrected chi connectivity index (χ2v) is 8.59. The smallest absolute Gasteiger partial charge is 0.309 e. The number of halogens is 1. The quantitative estimate of drug-likeness (QED) is 0.580. The van der Waals surface area contributed by atoms with Crippen LogP contribution < -0.4 is 4.74 Å². The number of likely N-dealkylation sites (tertiary alicyclic amines) is 1. The van der Waals surface area contributed by atoms with E-state index in [0.717, 1.165) is 17.0 Å². The van der Waals surface area contributed by atoms with Crippen LogP contribution in [0, 0.1) is 11.7 Å². The van der Waals surface area contributed by atoms with E-state index in [4.69, 9.17) is 9.47 Å². The maximum Gasteiger partial charge on any atom is 0.309 e. The number of rotatable bonds is 7. The second-order valence-electron chi connectivity index (χ2n) is 8.59. The van der Waals surface area contributed by atoms with Gasteiger partial charge in [0, 0.05) is 6.42 Å². The topological polar surface area (TPSA) is 71.4 Å². The molecule has 2 heterocycles. The Balaban J connectivity index is 1.49. The number of ether oxygens (including phenoxy) is 2. The van der Waals surface area contributed by atoms with Gasteiger partial charge in [0.25, 0.3) is 5.91 Å². The number of methoxy groups -OCH3 is 1. The highest BCUT2D eigenvalue weighted by molar-refractivity contribution is 6.03. The summed E-state index contributed by atoms with van der Waals surface area (Å²) in [5.41, 5.74) is 2.38. The molecule has 180 valence electrons. The van der Waals surface area contributed by atoms with Crippen LogP contribution in [0.3, 0.4) is 0 Å². The molecule has 0 saturated carbocycles. The summed E-state index contributed by atoms with van der Waals surface area (Å²) in [6, 6.07) is 13.5. The Morgan fingerprint density at radius 2 is 1.85 bits per heavy atom. The van der Waals surface area contributed by atoms with Crippen LogP contribution in [0.2, 0.25) is 0 Å². The number of esters is 1. The van der Waals surface area contributed by atoms with Gasteiger partial charge in [-0.1, -0.05) is 12.1 Å². The zero-order valence-electron chi connectivity index (χ0n) is 19.6. The van der Waals surface area contributed by atoms with Gasteiger partial charge in [-0.25, -0.2) is 9.40 Å². The Kier molecular flexibility index (Phi) is 7.57. The first-order valence-corrected chi connectivity index (χ1v) is 11.7. The van der Waals surface area contributed by atoms with Crippen molar-refractivity contribution in [2.24, 2.45) is 11.0 Å². The third kappa shape index (κ3) is 5.44. The average Bonchev–Trinajstić information content (AvgIpc) is 3.30. The van der Waals surface area contributed by atoms with E-state index in [1.165, 1.54) is 17.1 Å². The van der Waals surface area contributed by atoms with E-state index in [1.807, 2.05) is 35.2 Å². The molecule has 8 heteroatoms. The molecule has 1 amide bonds. The highest BCUT2D eigenvalue weighted by Crippen LogP contribution is 2.34. The molecular weight excluding hydrogens is 437 g/mol. The maximum absolute atomic E-state index is 14.0. The van der Waals surface area contributed by atoms with Gasteiger partial charge in [-0.2, -0.15) is 5.10 Å². The molecule has 0 aliphatic carbocycles. The molecule has 2 aliphatic heterocycles. The molecule has 2 aliphatic rings. The highest BCUT2D eigenvalue weighted by atomic mass is 19.1. The summed E-state index contributed by atoms with van der Waals surface area (Å²) in [4.78, 5) is 27.4. The zero-order valence-corrected chi connectivity index (χ0v) is 19.6. The van der Waals surface area contributed by atoms with E-state index in [2.05, 4.69) is 5.10 Å². The van der Waals surface area contributed by atoms with Crippen molar-refractivity contribution in [3.63, 3.8) is 0 Å². The lowest BCUT2D eigenvalue weighted by atomic mass is 9.97. The first-order chi connectivity index (χ1) is 16.5. The SMILES string of the molecule is CCOC(=O)C1CCN(CC(=O)N2N=C(c3ccc(OC)cc3)CC2c2cccc(F)c2)CC1. The lowest BCUT2D eigenvalue weighted by Gasteiger charge is -2.31. The predicted octanol–water partition coefficient (Wildman–Crippen LogP) is 3.79. The zero-order chi connectivity index (χ0) is 24.1. The number of benzene rings is 2. The molecule has 0 spiro atoms. The monoisotopic (exact) mass is 467 g/mol. The van der Waals surface area contributed by atoms with Crippen LogP contribution in [0.1, 0.15) is 43.4 Å². The summed E-state index contributed by atoms with van der Waals surface area (Å²) < 4.78 is 24.3. The van der Waals surface area contributed by atoms with Crippen molar-refractivity contribution in [2.45, 2.75) is 32.2 Å². The van der Waals surface area contributed by atoms with E-state index in [1.54, 1.807) is 20.1 Å². The Bertz CT molecular complexity index is 1050. The van der Waals surface area contributed by atoms with Gasteiger partial charge < -0.3 is 9.47 Å². The van der Waals surface area contributed by atoms with Crippen LogP contribution >= 0.6 is 0 Å². The first kappa shape index (κ1) is 23.9. The fourth-order valence-electron chi connectivity index (χ4n) is 4.52. The largest absolute Gasteiger partial charge is 0.497 e. The van der Waals surface area contributed by atoms with Crippen LogP contribution in [0.4, 0.5) is 4.39 Å². The Labute approximate surface area is 199 Å². The molecule has 0 N–H and O–H groups in total. The number of carbonyl (C=O) groups is 2. The molecule has 1 atom stereocenters. The van der Waals surface area contributed by atoms with Gasteiger partial charge in [-0.05, 0) is 80.4 Å². The minimum absolute atomic E-state index is 0.113. The fraction of sp³-hybridized carbons (Fsp3) is 0.423. The molecule has 34 heavy (non-hydrogen) atoms. The minimum Gasteiger partial charge on any atom is -0.497 e. The van der Waals surface area contributed by atoms with Crippen LogP contribution in [0.5, 0.6) is 5.75 Å². The van der Waals surface area contributed by atoms with E-state index < -0.39 is 0 Å². The predicted molar refractivity (Wildman–Crippen MR) is 126 cm³/mol. The van der Waals surface area contributed by atoms with Crippen molar-refractivity contribution < 1.29 is 23.5 Å². The van der Waals surface area contributed by atoms with Crippen molar-refractivity contribution >= 4 is 17.6 Å². The summed E-state index contributed by atoms with van der Waals surface area (Å²) in [6.45, 7) is 3.66. The van der Waals surface area contributed by atoms with E-state index in [-0.39, 0.29) is 36.2 Å². The standard InChI is InChI=1S/C26H30FN3O4/c1-3-34-26(32)19-11-13-29(14-12-19)17-25(31)30-24(20-5-4-6-21(27)15-20)16-23(28-30)18-7-9-22(33-2)10-8-18/h4-10,15,19,24H,3,11-14,16-17H2,1-2H3. The highest BCUT2D eigenvalue weighted by Gasteiger charge is 2.35. The van der Waals surface area contributed by atoms with Gasteiger partial charge in [-0.3, -0.25) is 14.5 Å². The molecule has 1 fully saturated rings. The molecular formula is C26H30FN3O4.